The zero-order valence-corrected chi connectivity index (χ0v) is 11.2. The Bertz CT molecular complexity index is 445. The molecule has 4 nitrogen and oxygen atoms in total. The smallest absolute Gasteiger partial charge is 0.410 e. The quantitative estimate of drug-likeness (QED) is 0.886. The third kappa shape index (κ3) is 2.64. The zero-order chi connectivity index (χ0) is 13.1. The summed E-state index contributed by atoms with van der Waals surface area (Å²) in [6, 6.07) is 6.56. The number of hydrogen-bond acceptors (Lipinski definition) is 3. The monoisotopic (exact) mass is 248 g/mol. The lowest BCUT2D eigenvalue weighted by atomic mass is 10.0. The summed E-state index contributed by atoms with van der Waals surface area (Å²) in [5, 5.41) is 3.26. The van der Waals surface area contributed by atoms with Gasteiger partial charge < -0.3 is 15.0 Å². The molecular weight excluding hydrogens is 228 g/mol. The highest BCUT2D eigenvalue weighted by Gasteiger charge is 2.25. The maximum absolute atomic E-state index is 11.5. The van der Waals surface area contributed by atoms with Gasteiger partial charge in [0.05, 0.1) is 6.54 Å². The van der Waals surface area contributed by atoms with E-state index in [1.807, 2.05) is 7.05 Å². The lowest BCUT2D eigenvalue weighted by molar-refractivity contribution is 0.156. The molecule has 1 heterocycles. The second-order valence-electron chi connectivity index (χ2n) is 4.75. The molecule has 1 aliphatic rings. The number of nitrogens with one attached hydrogen (secondary N) is 1. The second kappa shape index (κ2) is 5.40. The first-order chi connectivity index (χ1) is 8.61. The maximum atomic E-state index is 11.5. The molecule has 1 N–H and O–H groups in total. The van der Waals surface area contributed by atoms with Gasteiger partial charge in [0, 0.05) is 12.6 Å². The van der Waals surface area contributed by atoms with Crippen LogP contribution in [0.2, 0.25) is 0 Å². The third-order valence-electron chi connectivity index (χ3n) is 3.53. The first kappa shape index (κ1) is 12.9. The van der Waals surface area contributed by atoms with Gasteiger partial charge >= 0.3 is 6.09 Å². The number of ether oxygens (including phenoxy) is 1. The number of carbonyl (C=O) groups excluding carboxylic acids is 1. The molecule has 1 atom stereocenters. The Hall–Kier alpha value is -1.55. The van der Waals surface area contributed by atoms with Crippen LogP contribution in [0.25, 0.3) is 0 Å². The summed E-state index contributed by atoms with van der Waals surface area (Å²) in [5.41, 5.74) is 3.77. The van der Waals surface area contributed by atoms with E-state index < -0.39 is 0 Å². The number of nitrogens with zero attached hydrogens (tertiary/aromatic N) is 1. The van der Waals surface area contributed by atoms with Crippen LogP contribution in [0.1, 0.15) is 22.7 Å². The number of cyclic esters (lactones) is 1. The van der Waals surface area contributed by atoms with Crippen LogP contribution in [0.5, 0.6) is 0 Å². The van der Waals surface area contributed by atoms with Crippen molar-refractivity contribution >= 4 is 6.09 Å². The van der Waals surface area contributed by atoms with Crippen molar-refractivity contribution in [3.63, 3.8) is 0 Å². The Morgan fingerprint density at radius 2 is 2.17 bits per heavy atom. The summed E-state index contributed by atoms with van der Waals surface area (Å²) in [6.45, 7) is 6.04. The second-order valence-corrected chi connectivity index (χ2v) is 4.75. The Labute approximate surface area is 108 Å². The summed E-state index contributed by atoms with van der Waals surface area (Å²) in [6.07, 6.45) is -0.209. The largest absolute Gasteiger partial charge is 0.448 e. The topological polar surface area (TPSA) is 41.6 Å². The van der Waals surface area contributed by atoms with E-state index in [4.69, 9.17) is 4.74 Å². The zero-order valence-electron chi connectivity index (χ0n) is 11.2. The lowest BCUT2D eigenvalue weighted by Gasteiger charge is -2.22. The number of likely N-dealkylation sites (N-methyl/N-ethyl adjacent to an activating group) is 1. The highest BCUT2D eigenvalue weighted by atomic mass is 16.6. The minimum absolute atomic E-state index is 0.148. The molecule has 2 rings (SSSR count). The molecule has 1 unspecified atom stereocenters. The number of benzene rings is 1. The average Bonchev–Trinajstić information content (AvgIpc) is 2.75. The van der Waals surface area contributed by atoms with Crippen molar-refractivity contribution in [1.82, 2.24) is 10.2 Å². The standard InChI is InChI=1S/C14H20N2O2/c1-10-4-5-12(8-11(10)2)13(15-3)9-16-6-7-18-14(16)17/h4-5,8,13,15H,6-7,9H2,1-3H3. The molecule has 0 radical (unpaired) electrons. The molecular formula is C14H20N2O2. The van der Waals surface area contributed by atoms with E-state index in [0.717, 1.165) is 0 Å². The van der Waals surface area contributed by atoms with Gasteiger partial charge in [0.2, 0.25) is 0 Å². The molecule has 1 aromatic rings. The fourth-order valence-electron chi connectivity index (χ4n) is 2.16. The van der Waals surface area contributed by atoms with E-state index in [2.05, 4.69) is 37.4 Å². The van der Waals surface area contributed by atoms with Crippen LogP contribution in [0.3, 0.4) is 0 Å². The number of carbonyl (C=O) groups is 1. The van der Waals surface area contributed by atoms with Gasteiger partial charge in [0.25, 0.3) is 0 Å². The molecule has 0 aliphatic carbocycles. The van der Waals surface area contributed by atoms with E-state index in [9.17, 15) is 4.79 Å². The van der Waals surface area contributed by atoms with E-state index in [1.165, 1.54) is 16.7 Å². The summed E-state index contributed by atoms with van der Waals surface area (Å²) >= 11 is 0. The summed E-state index contributed by atoms with van der Waals surface area (Å²) < 4.78 is 4.95. The fraction of sp³-hybridized carbons (Fsp3) is 0.500. The molecule has 1 saturated heterocycles. The SMILES string of the molecule is CNC(CN1CCOC1=O)c1ccc(C)c(C)c1. The molecule has 0 spiro atoms. The first-order valence-corrected chi connectivity index (χ1v) is 6.28. The Kier molecular flexibility index (Phi) is 3.87. The molecule has 4 heteroatoms. The van der Waals surface area contributed by atoms with Crippen LogP contribution in [0, 0.1) is 13.8 Å². The molecule has 1 amide bonds. The van der Waals surface area contributed by atoms with Gasteiger partial charge in [-0.1, -0.05) is 18.2 Å². The molecule has 1 aliphatic heterocycles. The summed E-state index contributed by atoms with van der Waals surface area (Å²) in [7, 11) is 1.92. The van der Waals surface area contributed by atoms with Gasteiger partial charge in [0.15, 0.2) is 0 Å². The predicted molar refractivity (Wildman–Crippen MR) is 70.6 cm³/mol. The van der Waals surface area contributed by atoms with Gasteiger partial charge in [-0.05, 0) is 37.6 Å². The van der Waals surface area contributed by atoms with E-state index in [-0.39, 0.29) is 12.1 Å². The fourth-order valence-corrected chi connectivity index (χ4v) is 2.16. The molecule has 0 saturated carbocycles. The summed E-state index contributed by atoms with van der Waals surface area (Å²) in [4.78, 5) is 13.2. The van der Waals surface area contributed by atoms with Gasteiger partial charge in [-0.3, -0.25) is 0 Å². The van der Waals surface area contributed by atoms with Crippen LogP contribution < -0.4 is 5.32 Å². The lowest BCUT2D eigenvalue weighted by Crippen LogP contribution is -2.34. The molecule has 1 aromatic carbocycles. The van der Waals surface area contributed by atoms with E-state index in [1.54, 1.807) is 4.90 Å². The molecule has 0 bridgehead atoms. The van der Waals surface area contributed by atoms with Crippen molar-refractivity contribution < 1.29 is 9.53 Å². The van der Waals surface area contributed by atoms with Crippen LogP contribution in [0.4, 0.5) is 4.79 Å². The van der Waals surface area contributed by atoms with Crippen LogP contribution in [0.15, 0.2) is 18.2 Å². The molecule has 0 aromatic heterocycles. The van der Waals surface area contributed by atoms with Crippen molar-refractivity contribution in [3.05, 3.63) is 34.9 Å². The van der Waals surface area contributed by atoms with Crippen molar-refractivity contribution in [2.75, 3.05) is 26.7 Å². The number of hydrogen-bond donors (Lipinski definition) is 1. The van der Waals surface area contributed by atoms with Crippen molar-refractivity contribution in [2.45, 2.75) is 19.9 Å². The highest BCUT2D eigenvalue weighted by molar-refractivity contribution is 5.69. The highest BCUT2D eigenvalue weighted by Crippen LogP contribution is 2.19. The van der Waals surface area contributed by atoms with Crippen LogP contribution in [-0.2, 0) is 4.74 Å². The molecule has 1 fully saturated rings. The number of rotatable bonds is 4. The normalized spacial score (nSPS) is 16.8. The predicted octanol–water partition coefficient (Wildman–Crippen LogP) is 2.02. The molecule has 18 heavy (non-hydrogen) atoms. The van der Waals surface area contributed by atoms with E-state index in [0.29, 0.717) is 19.7 Å². The van der Waals surface area contributed by atoms with Gasteiger partial charge in [0.1, 0.15) is 6.61 Å². The van der Waals surface area contributed by atoms with Gasteiger partial charge in [-0.2, -0.15) is 0 Å². The van der Waals surface area contributed by atoms with Crippen molar-refractivity contribution in [3.8, 4) is 0 Å². The van der Waals surface area contributed by atoms with E-state index >= 15 is 0 Å². The maximum Gasteiger partial charge on any atom is 0.410 e. The number of aryl methyl sites for hydroxylation is 2. The third-order valence-corrected chi connectivity index (χ3v) is 3.53. The number of amides is 1. The Balaban J connectivity index is 2.12. The molecule has 98 valence electrons. The van der Waals surface area contributed by atoms with Crippen LogP contribution in [-0.4, -0.2) is 37.7 Å². The van der Waals surface area contributed by atoms with Gasteiger partial charge in [-0.15, -0.1) is 0 Å². The first-order valence-electron chi connectivity index (χ1n) is 6.28. The van der Waals surface area contributed by atoms with Crippen molar-refractivity contribution in [2.24, 2.45) is 0 Å². The minimum Gasteiger partial charge on any atom is -0.448 e. The summed E-state index contributed by atoms with van der Waals surface area (Å²) in [5.74, 6) is 0. The average molecular weight is 248 g/mol. The van der Waals surface area contributed by atoms with Gasteiger partial charge in [-0.25, -0.2) is 4.79 Å². The minimum atomic E-state index is -0.209. The Morgan fingerprint density at radius 1 is 1.39 bits per heavy atom. The van der Waals surface area contributed by atoms with Crippen molar-refractivity contribution in [1.29, 1.82) is 0 Å². The van der Waals surface area contributed by atoms with Crippen LogP contribution >= 0.6 is 0 Å². The Morgan fingerprint density at radius 3 is 2.72 bits per heavy atom.